The molecule has 1 aromatic rings. The van der Waals surface area contributed by atoms with Gasteiger partial charge in [0, 0.05) is 49.5 Å². The zero-order chi connectivity index (χ0) is 15.7. The van der Waals surface area contributed by atoms with Crippen molar-refractivity contribution >= 4 is 28.5 Å². The van der Waals surface area contributed by atoms with E-state index in [1.807, 2.05) is 11.9 Å². The topological polar surface area (TPSA) is 61.9 Å². The Morgan fingerprint density at radius 1 is 1.33 bits per heavy atom. The second kappa shape index (κ2) is 10.1. The summed E-state index contributed by atoms with van der Waals surface area (Å²) < 4.78 is 0.790. The lowest BCUT2D eigenvalue weighted by atomic mass is 9.95. The van der Waals surface area contributed by atoms with Crippen LogP contribution in [0.2, 0.25) is 0 Å². The molecule has 0 aliphatic heterocycles. The minimum absolute atomic E-state index is 0.163. The lowest BCUT2D eigenvalue weighted by Crippen LogP contribution is -2.29. The highest BCUT2D eigenvalue weighted by molar-refractivity contribution is 14.1. The summed E-state index contributed by atoms with van der Waals surface area (Å²) in [5, 5.41) is 6.98. The number of carbonyl (C=O) groups excluding carboxylic acids is 1. The van der Waals surface area contributed by atoms with Crippen LogP contribution in [0.5, 0.6) is 0 Å². The SMILES string of the molecule is CCCC(CCCCCc1nc(I)n[nH]1)CN(C)C(C)=O. The first-order chi connectivity index (χ1) is 10.0. The van der Waals surface area contributed by atoms with Crippen molar-refractivity contribution < 1.29 is 4.79 Å². The van der Waals surface area contributed by atoms with Gasteiger partial charge in [-0.25, -0.2) is 4.98 Å². The van der Waals surface area contributed by atoms with E-state index in [2.05, 4.69) is 44.7 Å². The van der Waals surface area contributed by atoms with Crippen LogP contribution >= 0.6 is 22.6 Å². The van der Waals surface area contributed by atoms with Gasteiger partial charge in [-0.15, -0.1) is 5.10 Å². The van der Waals surface area contributed by atoms with E-state index in [9.17, 15) is 4.79 Å². The zero-order valence-corrected chi connectivity index (χ0v) is 15.5. The Balaban J connectivity index is 2.19. The number of unbranched alkanes of at least 4 members (excludes halogenated alkanes) is 2. The van der Waals surface area contributed by atoms with Crippen molar-refractivity contribution in [1.82, 2.24) is 20.1 Å². The third-order valence-corrected chi connectivity index (χ3v) is 4.28. The molecule has 0 saturated carbocycles. The van der Waals surface area contributed by atoms with E-state index in [0.717, 1.165) is 29.0 Å². The summed E-state index contributed by atoms with van der Waals surface area (Å²) in [6, 6.07) is 0. The number of nitrogens with one attached hydrogen (secondary N) is 1. The number of carbonyl (C=O) groups is 1. The van der Waals surface area contributed by atoms with Crippen molar-refractivity contribution in [3.05, 3.63) is 9.66 Å². The Bertz CT molecular complexity index is 422. The summed E-state index contributed by atoms with van der Waals surface area (Å²) in [6.07, 6.45) is 8.15. The Hall–Kier alpha value is -0.660. The molecule has 0 saturated heterocycles. The van der Waals surface area contributed by atoms with Gasteiger partial charge in [0.1, 0.15) is 5.82 Å². The number of amides is 1. The van der Waals surface area contributed by atoms with Crippen LogP contribution < -0.4 is 0 Å². The largest absolute Gasteiger partial charge is 0.346 e. The van der Waals surface area contributed by atoms with Gasteiger partial charge >= 0.3 is 0 Å². The molecular weight excluding hydrogens is 379 g/mol. The molecule has 6 heteroatoms. The van der Waals surface area contributed by atoms with E-state index in [0.29, 0.717) is 5.92 Å². The molecule has 21 heavy (non-hydrogen) atoms. The number of H-pyrrole nitrogens is 1. The maximum absolute atomic E-state index is 11.3. The molecule has 0 spiro atoms. The van der Waals surface area contributed by atoms with Crippen LogP contribution in [-0.2, 0) is 11.2 Å². The first-order valence-electron chi connectivity index (χ1n) is 7.81. The molecule has 120 valence electrons. The summed E-state index contributed by atoms with van der Waals surface area (Å²) in [6.45, 7) is 4.75. The summed E-state index contributed by atoms with van der Waals surface area (Å²) in [7, 11) is 1.90. The fourth-order valence-electron chi connectivity index (χ4n) is 2.54. The molecule has 0 radical (unpaired) electrons. The summed E-state index contributed by atoms with van der Waals surface area (Å²) in [5.41, 5.74) is 0. The third-order valence-electron chi connectivity index (χ3n) is 3.80. The Morgan fingerprint density at radius 2 is 2.10 bits per heavy atom. The predicted octanol–water partition coefficient (Wildman–Crippen LogP) is 3.41. The van der Waals surface area contributed by atoms with Gasteiger partial charge in [0.15, 0.2) is 0 Å². The van der Waals surface area contributed by atoms with Crippen LogP contribution in [0.3, 0.4) is 0 Å². The quantitative estimate of drug-likeness (QED) is 0.479. The average Bonchev–Trinajstić information content (AvgIpc) is 2.84. The minimum atomic E-state index is 0.163. The molecule has 1 N–H and O–H groups in total. The number of aromatic nitrogens is 3. The molecule has 0 aromatic carbocycles. The molecule has 5 nitrogen and oxygen atoms in total. The molecule has 1 heterocycles. The smallest absolute Gasteiger partial charge is 0.219 e. The number of aryl methyl sites for hydroxylation is 1. The number of rotatable bonds is 10. The highest BCUT2D eigenvalue weighted by Gasteiger charge is 2.12. The molecule has 1 atom stereocenters. The van der Waals surface area contributed by atoms with Gasteiger partial charge in [0.2, 0.25) is 9.74 Å². The molecule has 0 fully saturated rings. The van der Waals surface area contributed by atoms with E-state index in [1.54, 1.807) is 6.92 Å². The zero-order valence-electron chi connectivity index (χ0n) is 13.4. The third kappa shape index (κ3) is 7.78. The highest BCUT2D eigenvalue weighted by Crippen LogP contribution is 2.17. The lowest BCUT2D eigenvalue weighted by Gasteiger charge is -2.23. The minimum Gasteiger partial charge on any atom is -0.346 e. The molecule has 1 aromatic heterocycles. The van der Waals surface area contributed by atoms with E-state index in [4.69, 9.17) is 0 Å². The van der Waals surface area contributed by atoms with Crippen molar-refractivity contribution in [2.45, 2.75) is 58.8 Å². The summed E-state index contributed by atoms with van der Waals surface area (Å²) in [5.74, 6) is 1.78. The number of aromatic amines is 1. The summed E-state index contributed by atoms with van der Waals surface area (Å²) >= 11 is 2.12. The highest BCUT2D eigenvalue weighted by atomic mass is 127. The molecule has 0 bridgehead atoms. The Kier molecular flexibility index (Phi) is 8.87. The fourth-order valence-corrected chi connectivity index (χ4v) is 2.95. The van der Waals surface area contributed by atoms with E-state index < -0.39 is 0 Å². The first kappa shape index (κ1) is 18.4. The number of hydrogen-bond donors (Lipinski definition) is 1. The normalized spacial score (nSPS) is 12.4. The van der Waals surface area contributed by atoms with Crippen LogP contribution in [-0.4, -0.2) is 39.6 Å². The summed E-state index contributed by atoms with van der Waals surface area (Å²) in [4.78, 5) is 17.5. The second-order valence-corrected chi connectivity index (χ2v) is 6.67. The second-order valence-electron chi connectivity index (χ2n) is 5.70. The van der Waals surface area contributed by atoms with Crippen LogP contribution in [0, 0.1) is 9.75 Å². The molecule has 0 aliphatic carbocycles. The molecular formula is C15H27IN4O. The van der Waals surface area contributed by atoms with Crippen molar-refractivity contribution in [2.24, 2.45) is 5.92 Å². The van der Waals surface area contributed by atoms with E-state index in [1.165, 1.54) is 32.1 Å². The fraction of sp³-hybridized carbons (Fsp3) is 0.800. The van der Waals surface area contributed by atoms with Gasteiger partial charge in [0.05, 0.1) is 0 Å². The lowest BCUT2D eigenvalue weighted by molar-refractivity contribution is -0.128. The maximum Gasteiger partial charge on any atom is 0.219 e. The number of nitrogens with zero attached hydrogens (tertiary/aromatic N) is 3. The number of halogens is 1. The van der Waals surface area contributed by atoms with Gasteiger partial charge in [-0.1, -0.05) is 26.2 Å². The monoisotopic (exact) mass is 406 g/mol. The Labute approximate surface area is 141 Å². The molecule has 1 amide bonds. The van der Waals surface area contributed by atoms with Gasteiger partial charge in [-0.3, -0.25) is 9.89 Å². The van der Waals surface area contributed by atoms with E-state index >= 15 is 0 Å². The Morgan fingerprint density at radius 3 is 2.67 bits per heavy atom. The molecule has 1 unspecified atom stereocenters. The predicted molar refractivity (Wildman–Crippen MR) is 93.0 cm³/mol. The van der Waals surface area contributed by atoms with Gasteiger partial charge in [0.25, 0.3) is 0 Å². The maximum atomic E-state index is 11.3. The van der Waals surface area contributed by atoms with Gasteiger partial charge in [-0.2, -0.15) is 0 Å². The average molecular weight is 406 g/mol. The van der Waals surface area contributed by atoms with Crippen molar-refractivity contribution in [3.63, 3.8) is 0 Å². The molecule has 0 aliphatic rings. The molecule has 1 rings (SSSR count). The standard InChI is InChI=1S/C15H27IN4O/c1-4-8-13(11-20(3)12(2)21)9-6-5-7-10-14-17-15(16)19-18-14/h13H,4-11H2,1-3H3,(H,17,18,19). The first-order valence-corrected chi connectivity index (χ1v) is 8.89. The number of hydrogen-bond acceptors (Lipinski definition) is 3. The van der Waals surface area contributed by atoms with Gasteiger partial charge < -0.3 is 4.90 Å². The van der Waals surface area contributed by atoms with Crippen LogP contribution in [0.4, 0.5) is 0 Å². The van der Waals surface area contributed by atoms with Crippen LogP contribution in [0.1, 0.15) is 58.2 Å². The van der Waals surface area contributed by atoms with Crippen molar-refractivity contribution in [3.8, 4) is 0 Å². The van der Waals surface area contributed by atoms with E-state index in [-0.39, 0.29) is 5.91 Å². The van der Waals surface area contributed by atoms with Crippen LogP contribution in [0.25, 0.3) is 0 Å². The van der Waals surface area contributed by atoms with Gasteiger partial charge in [-0.05, 0) is 25.2 Å². The van der Waals surface area contributed by atoms with Crippen LogP contribution in [0.15, 0.2) is 0 Å². The van der Waals surface area contributed by atoms with Crippen molar-refractivity contribution in [2.75, 3.05) is 13.6 Å². The van der Waals surface area contributed by atoms with Crippen molar-refractivity contribution in [1.29, 1.82) is 0 Å².